The molecule has 4 rings (SSSR count). The third-order valence-electron chi connectivity index (χ3n) is 4.66. The van der Waals surface area contributed by atoms with Crippen molar-refractivity contribution < 1.29 is 14.3 Å². The number of aryl methyl sites for hydroxylation is 1. The highest BCUT2D eigenvalue weighted by Gasteiger charge is 2.36. The molecule has 2 heterocycles. The predicted molar refractivity (Wildman–Crippen MR) is 92.9 cm³/mol. The van der Waals surface area contributed by atoms with Crippen molar-refractivity contribution in [2.24, 2.45) is 13.0 Å². The molecule has 0 bridgehead atoms. The number of ether oxygens (including phenoxy) is 1. The number of carbonyl (C=O) groups excluding carboxylic acids is 2. The molecule has 2 amide bonds. The van der Waals surface area contributed by atoms with Crippen molar-refractivity contribution in [1.29, 1.82) is 0 Å². The van der Waals surface area contributed by atoms with Crippen LogP contribution >= 0.6 is 0 Å². The molecule has 0 saturated heterocycles. The fourth-order valence-corrected chi connectivity index (χ4v) is 3.21. The molecule has 7 heteroatoms. The second-order valence-corrected chi connectivity index (χ2v) is 6.54. The van der Waals surface area contributed by atoms with Gasteiger partial charge < -0.3 is 15.0 Å². The van der Waals surface area contributed by atoms with E-state index in [2.05, 4.69) is 10.4 Å². The van der Waals surface area contributed by atoms with Crippen LogP contribution in [0.1, 0.15) is 28.8 Å². The molecule has 1 aliphatic carbocycles. The monoisotopic (exact) mass is 340 g/mol. The molecular formula is C18H20N4O3. The van der Waals surface area contributed by atoms with Crippen LogP contribution < -0.4 is 15.0 Å². The predicted octanol–water partition coefficient (Wildman–Crippen LogP) is 1.98. The van der Waals surface area contributed by atoms with Crippen molar-refractivity contribution in [3.05, 3.63) is 35.5 Å². The first-order valence-corrected chi connectivity index (χ1v) is 8.40. The lowest BCUT2D eigenvalue weighted by Crippen LogP contribution is -2.30. The van der Waals surface area contributed by atoms with E-state index < -0.39 is 0 Å². The Morgan fingerprint density at radius 1 is 1.32 bits per heavy atom. The Bertz CT molecular complexity index is 854. The second kappa shape index (κ2) is 5.91. The lowest BCUT2D eigenvalue weighted by atomic mass is 10.1. The summed E-state index contributed by atoms with van der Waals surface area (Å²) in [7, 11) is 3.21. The number of methoxy groups -OCH3 is 1. The lowest BCUT2D eigenvalue weighted by Gasteiger charge is -2.18. The normalized spacial score (nSPS) is 15.8. The maximum Gasteiger partial charge on any atom is 0.262 e. The van der Waals surface area contributed by atoms with E-state index in [1.54, 1.807) is 13.2 Å². The largest absolute Gasteiger partial charge is 0.479 e. The third kappa shape index (κ3) is 2.86. The van der Waals surface area contributed by atoms with Gasteiger partial charge in [0.15, 0.2) is 0 Å². The van der Waals surface area contributed by atoms with Crippen molar-refractivity contribution in [2.45, 2.75) is 19.3 Å². The maximum atomic E-state index is 12.5. The van der Waals surface area contributed by atoms with E-state index in [0.717, 1.165) is 37.1 Å². The molecule has 1 fully saturated rings. The number of carbonyl (C=O) groups is 2. The highest BCUT2D eigenvalue weighted by Crippen LogP contribution is 2.37. The summed E-state index contributed by atoms with van der Waals surface area (Å²) in [5, 5.41) is 6.96. The van der Waals surface area contributed by atoms with Gasteiger partial charge in [-0.25, -0.2) is 0 Å². The van der Waals surface area contributed by atoms with Gasteiger partial charge in [-0.15, -0.1) is 5.10 Å². The topological polar surface area (TPSA) is 76.5 Å². The molecule has 0 spiro atoms. The van der Waals surface area contributed by atoms with Crippen LogP contribution in [0.25, 0.3) is 0 Å². The van der Waals surface area contributed by atoms with Gasteiger partial charge in [0.05, 0.1) is 7.11 Å². The van der Waals surface area contributed by atoms with E-state index in [0.29, 0.717) is 11.3 Å². The van der Waals surface area contributed by atoms with E-state index >= 15 is 0 Å². The van der Waals surface area contributed by atoms with Crippen molar-refractivity contribution in [1.82, 2.24) is 9.78 Å². The number of amides is 2. The van der Waals surface area contributed by atoms with Gasteiger partial charge in [-0.3, -0.25) is 14.3 Å². The summed E-state index contributed by atoms with van der Waals surface area (Å²) in [6.07, 6.45) is 4.45. The fraction of sp³-hybridized carbons (Fsp3) is 0.389. The Morgan fingerprint density at radius 2 is 2.12 bits per heavy atom. The molecule has 0 radical (unpaired) electrons. The lowest BCUT2D eigenvalue weighted by molar-refractivity contribution is -0.119. The minimum Gasteiger partial charge on any atom is -0.479 e. The Labute approximate surface area is 145 Å². The molecule has 2 aromatic rings. The molecule has 1 aromatic heterocycles. The number of anilines is 2. The van der Waals surface area contributed by atoms with Crippen molar-refractivity contribution in [3.63, 3.8) is 0 Å². The van der Waals surface area contributed by atoms with Gasteiger partial charge in [0.1, 0.15) is 5.56 Å². The summed E-state index contributed by atoms with van der Waals surface area (Å²) >= 11 is 0. The van der Waals surface area contributed by atoms with Gasteiger partial charge in [0.2, 0.25) is 11.8 Å². The quantitative estimate of drug-likeness (QED) is 0.923. The van der Waals surface area contributed by atoms with Gasteiger partial charge in [0.25, 0.3) is 5.91 Å². The molecule has 0 unspecified atom stereocenters. The van der Waals surface area contributed by atoms with Gasteiger partial charge in [0, 0.05) is 37.1 Å². The van der Waals surface area contributed by atoms with Gasteiger partial charge in [-0.05, 0) is 37.0 Å². The molecule has 1 aromatic carbocycles. The van der Waals surface area contributed by atoms with E-state index in [-0.39, 0.29) is 23.6 Å². The van der Waals surface area contributed by atoms with Crippen LogP contribution in [-0.2, 0) is 18.3 Å². The first kappa shape index (κ1) is 15.7. The summed E-state index contributed by atoms with van der Waals surface area (Å²) < 4.78 is 6.67. The Hall–Kier alpha value is -2.83. The molecule has 0 atom stereocenters. The summed E-state index contributed by atoms with van der Waals surface area (Å²) in [6.45, 7) is 0.721. The van der Waals surface area contributed by atoms with Crippen molar-refractivity contribution in [3.8, 4) is 5.88 Å². The molecular weight excluding hydrogens is 320 g/mol. The Balaban J connectivity index is 1.56. The van der Waals surface area contributed by atoms with Crippen LogP contribution in [0.3, 0.4) is 0 Å². The highest BCUT2D eigenvalue weighted by molar-refractivity contribution is 6.06. The number of nitrogens with one attached hydrogen (secondary N) is 1. The first-order chi connectivity index (χ1) is 12.1. The number of rotatable bonds is 4. The second-order valence-electron chi connectivity index (χ2n) is 6.54. The minimum atomic E-state index is -0.289. The number of hydrogen-bond acceptors (Lipinski definition) is 4. The van der Waals surface area contributed by atoms with Crippen molar-refractivity contribution in [2.75, 3.05) is 23.9 Å². The summed E-state index contributed by atoms with van der Waals surface area (Å²) in [5.74, 6) is 0.384. The SMILES string of the molecule is COc1nn(C)cc1C(=O)Nc1ccc2c(c1)N(C(=O)C1CC1)CC2. The molecule has 1 saturated carbocycles. The molecule has 7 nitrogen and oxygen atoms in total. The number of hydrogen-bond donors (Lipinski definition) is 1. The Kier molecular flexibility index (Phi) is 3.71. The maximum absolute atomic E-state index is 12.5. The number of benzene rings is 1. The van der Waals surface area contributed by atoms with Crippen molar-refractivity contribution >= 4 is 23.2 Å². The molecule has 25 heavy (non-hydrogen) atoms. The molecule has 1 N–H and O–H groups in total. The smallest absolute Gasteiger partial charge is 0.262 e. The average Bonchev–Trinajstić information content (AvgIpc) is 3.26. The van der Waals surface area contributed by atoms with Gasteiger partial charge >= 0.3 is 0 Å². The summed E-state index contributed by atoms with van der Waals surface area (Å²) in [5.41, 5.74) is 3.08. The zero-order chi connectivity index (χ0) is 17.6. The summed E-state index contributed by atoms with van der Waals surface area (Å²) in [4.78, 5) is 26.8. The molecule has 1 aliphatic heterocycles. The first-order valence-electron chi connectivity index (χ1n) is 8.40. The fourth-order valence-electron chi connectivity index (χ4n) is 3.21. The minimum absolute atomic E-state index is 0.184. The number of aromatic nitrogens is 2. The van der Waals surface area contributed by atoms with Crippen LogP contribution in [0, 0.1) is 5.92 Å². The zero-order valence-corrected chi connectivity index (χ0v) is 14.3. The number of nitrogens with zero attached hydrogens (tertiary/aromatic N) is 3. The van der Waals surface area contributed by atoms with Crippen LogP contribution in [0.4, 0.5) is 11.4 Å². The van der Waals surface area contributed by atoms with E-state index in [1.807, 2.05) is 23.1 Å². The average molecular weight is 340 g/mol. The Morgan fingerprint density at radius 3 is 2.84 bits per heavy atom. The summed E-state index contributed by atoms with van der Waals surface area (Å²) in [6, 6.07) is 5.72. The van der Waals surface area contributed by atoms with E-state index in [1.165, 1.54) is 11.8 Å². The highest BCUT2D eigenvalue weighted by atomic mass is 16.5. The molecule has 2 aliphatic rings. The molecule has 130 valence electrons. The zero-order valence-electron chi connectivity index (χ0n) is 14.3. The standard InChI is InChI=1S/C18H20N4O3/c1-21-10-14(17(20-21)25-2)16(23)19-13-6-5-11-7-8-22(15(11)9-13)18(24)12-3-4-12/h5-6,9-10,12H,3-4,7-8H2,1-2H3,(H,19,23). The van der Waals surface area contributed by atoms with Crippen LogP contribution in [-0.4, -0.2) is 35.2 Å². The van der Waals surface area contributed by atoms with Crippen LogP contribution in [0.15, 0.2) is 24.4 Å². The van der Waals surface area contributed by atoms with E-state index in [9.17, 15) is 9.59 Å². The van der Waals surface area contributed by atoms with Crippen LogP contribution in [0.2, 0.25) is 0 Å². The third-order valence-corrected chi connectivity index (χ3v) is 4.66. The number of fused-ring (bicyclic) bond motifs is 1. The van der Waals surface area contributed by atoms with Crippen LogP contribution in [0.5, 0.6) is 5.88 Å². The van der Waals surface area contributed by atoms with Gasteiger partial charge in [-0.1, -0.05) is 6.07 Å². The van der Waals surface area contributed by atoms with Gasteiger partial charge in [-0.2, -0.15) is 0 Å². The van der Waals surface area contributed by atoms with E-state index in [4.69, 9.17) is 4.74 Å².